The Kier molecular flexibility index (Phi) is 3.74. The van der Waals surface area contributed by atoms with Gasteiger partial charge in [0.15, 0.2) is 0 Å². The summed E-state index contributed by atoms with van der Waals surface area (Å²) in [6.07, 6.45) is 1.64. The van der Waals surface area contributed by atoms with E-state index in [9.17, 15) is 0 Å². The smallest absolute Gasteiger partial charge is 0.226 e. The molecular formula is C13H15N3O2. The lowest BCUT2D eigenvalue weighted by molar-refractivity contribution is 0.184. The largest absolute Gasteiger partial charge is 0.439 e. The molecule has 1 aromatic heterocycles. The van der Waals surface area contributed by atoms with Crippen LogP contribution in [0.4, 0.5) is 5.95 Å². The third kappa shape index (κ3) is 2.95. The number of rotatable bonds is 4. The summed E-state index contributed by atoms with van der Waals surface area (Å²) in [4.78, 5) is 7.95. The normalized spacial score (nSPS) is 10.3. The summed E-state index contributed by atoms with van der Waals surface area (Å²) < 4.78 is 10.8. The van der Waals surface area contributed by atoms with Crippen LogP contribution in [0.1, 0.15) is 11.1 Å². The average Bonchev–Trinajstić information content (AvgIpc) is 2.35. The van der Waals surface area contributed by atoms with Gasteiger partial charge >= 0.3 is 0 Å². The van der Waals surface area contributed by atoms with Gasteiger partial charge in [0.05, 0.1) is 6.61 Å². The van der Waals surface area contributed by atoms with Crippen LogP contribution in [-0.4, -0.2) is 17.1 Å². The molecule has 0 atom stereocenters. The number of hydrogen-bond donors (Lipinski definition) is 1. The first-order chi connectivity index (χ1) is 8.69. The fourth-order valence-electron chi connectivity index (χ4n) is 1.52. The van der Waals surface area contributed by atoms with Gasteiger partial charge in [0.25, 0.3) is 0 Å². The third-order valence-electron chi connectivity index (χ3n) is 2.37. The Labute approximate surface area is 106 Å². The third-order valence-corrected chi connectivity index (χ3v) is 2.37. The zero-order valence-electron chi connectivity index (χ0n) is 10.4. The Hall–Kier alpha value is -2.14. The molecule has 0 bridgehead atoms. The van der Waals surface area contributed by atoms with Crippen LogP contribution in [0.25, 0.3) is 0 Å². The van der Waals surface area contributed by atoms with Crippen molar-refractivity contribution in [3.05, 3.63) is 41.6 Å². The van der Waals surface area contributed by atoms with Gasteiger partial charge in [-0.25, -0.2) is 4.98 Å². The first kappa shape index (κ1) is 12.3. The molecule has 2 N–H and O–H groups in total. The van der Waals surface area contributed by atoms with Crippen LogP contribution in [-0.2, 0) is 11.3 Å². The van der Waals surface area contributed by atoms with Crippen molar-refractivity contribution in [2.75, 3.05) is 12.8 Å². The highest BCUT2D eigenvalue weighted by atomic mass is 16.5. The van der Waals surface area contributed by atoms with Crippen molar-refractivity contribution >= 4 is 5.95 Å². The van der Waals surface area contributed by atoms with E-state index in [1.165, 1.54) is 0 Å². The predicted octanol–water partition coefficient (Wildman–Crippen LogP) is 2.31. The molecule has 1 heterocycles. The van der Waals surface area contributed by atoms with Crippen molar-refractivity contribution in [2.24, 2.45) is 0 Å². The number of anilines is 1. The summed E-state index contributed by atoms with van der Waals surface area (Å²) in [5.74, 6) is 1.37. The van der Waals surface area contributed by atoms with Crippen molar-refractivity contribution < 1.29 is 9.47 Å². The minimum Gasteiger partial charge on any atom is -0.439 e. The Balaban J connectivity index is 2.22. The summed E-state index contributed by atoms with van der Waals surface area (Å²) in [6.45, 7) is 2.41. The molecule has 0 radical (unpaired) electrons. The molecule has 5 heteroatoms. The molecule has 0 saturated heterocycles. The van der Waals surface area contributed by atoms with E-state index >= 15 is 0 Å². The van der Waals surface area contributed by atoms with Crippen LogP contribution in [0, 0.1) is 6.92 Å². The highest BCUT2D eigenvalue weighted by Gasteiger charge is 2.05. The van der Waals surface area contributed by atoms with E-state index in [0.29, 0.717) is 18.2 Å². The second-order valence-electron chi connectivity index (χ2n) is 3.90. The van der Waals surface area contributed by atoms with Crippen LogP contribution >= 0.6 is 0 Å². The minimum absolute atomic E-state index is 0.198. The maximum Gasteiger partial charge on any atom is 0.226 e. The average molecular weight is 245 g/mol. The number of hydrogen-bond acceptors (Lipinski definition) is 5. The minimum atomic E-state index is 0.198. The van der Waals surface area contributed by atoms with E-state index in [1.54, 1.807) is 13.3 Å². The Morgan fingerprint density at radius 3 is 2.94 bits per heavy atom. The number of benzene rings is 1. The van der Waals surface area contributed by atoms with E-state index in [1.807, 2.05) is 31.2 Å². The number of ether oxygens (including phenoxy) is 2. The maximum absolute atomic E-state index is 5.69. The molecule has 2 aromatic rings. The molecule has 0 aliphatic heterocycles. The van der Waals surface area contributed by atoms with Gasteiger partial charge in [-0.2, -0.15) is 4.98 Å². The van der Waals surface area contributed by atoms with E-state index in [2.05, 4.69) is 9.97 Å². The van der Waals surface area contributed by atoms with Gasteiger partial charge < -0.3 is 15.2 Å². The number of nitrogens with two attached hydrogens (primary N) is 1. The molecule has 0 spiro atoms. The highest BCUT2D eigenvalue weighted by molar-refractivity contribution is 5.35. The van der Waals surface area contributed by atoms with Gasteiger partial charge in [0, 0.05) is 18.9 Å². The molecule has 0 amide bonds. The van der Waals surface area contributed by atoms with E-state index in [-0.39, 0.29) is 5.95 Å². The lowest BCUT2D eigenvalue weighted by Gasteiger charge is -2.08. The highest BCUT2D eigenvalue weighted by Crippen LogP contribution is 2.23. The molecule has 0 saturated carbocycles. The van der Waals surface area contributed by atoms with Crippen LogP contribution in [0.5, 0.6) is 11.6 Å². The number of aryl methyl sites for hydroxylation is 1. The summed E-state index contributed by atoms with van der Waals surface area (Å²) in [7, 11) is 1.66. The van der Waals surface area contributed by atoms with E-state index in [0.717, 1.165) is 11.1 Å². The lowest BCUT2D eigenvalue weighted by atomic mass is 10.2. The second kappa shape index (κ2) is 5.46. The molecule has 2 rings (SSSR count). The summed E-state index contributed by atoms with van der Waals surface area (Å²) >= 11 is 0. The standard InChI is InChI=1S/C13H15N3O2/c1-9-7-15-13(14)16-12(9)18-11-5-3-4-10(6-11)8-17-2/h3-7H,8H2,1-2H3,(H2,14,15,16). The van der Waals surface area contributed by atoms with Gasteiger partial charge in [-0.15, -0.1) is 0 Å². The first-order valence-corrected chi connectivity index (χ1v) is 5.54. The zero-order valence-corrected chi connectivity index (χ0v) is 10.4. The molecule has 0 fully saturated rings. The quantitative estimate of drug-likeness (QED) is 0.895. The van der Waals surface area contributed by atoms with Crippen LogP contribution in [0.3, 0.4) is 0 Å². The van der Waals surface area contributed by atoms with Crippen molar-refractivity contribution in [3.63, 3.8) is 0 Å². The summed E-state index contributed by atoms with van der Waals surface area (Å²) in [5, 5.41) is 0. The van der Waals surface area contributed by atoms with Crippen molar-refractivity contribution in [2.45, 2.75) is 13.5 Å². The Morgan fingerprint density at radius 2 is 2.17 bits per heavy atom. The summed E-state index contributed by atoms with van der Waals surface area (Å²) in [5.41, 5.74) is 7.41. The number of methoxy groups -OCH3 is 1. The molecule has 1 aromatic carbocycles. The summed E-state index contributed by atoms with van der Waals surface area (Å²) in [6, 6.07) is 7.64. The van der Waals surface area contributed by atoms with E-state index in [4.69, 9.17) is 15.2 Å². The lowest BCUT2D eigenvalue weighted by Crippen LogP contribution is -1.99. The zero-order chi connectivity index (χ0) is 13.0. The molecule has 18 heavy (non-hydrogen) atoms. The monoisotopic (exact) mass is 245 g/mol. The fourth-order valence-corrected chi connectivity index (χ4v) is 1.52. The SMILES string of the molecule is COCc1cccc(Oc2nc(N)ncc2C)c1. The Morgan fingerprint density at radius 1 is 1.33 bits per heavy atom. The van der Waals surface area contributed by atoms with Crippen molar-refractivity contribution in [1.82, 2.24) is 9.97 Å². The maximum atomic E-state index is 5.69. The van der Waals surface area contributed by atoms with Gasteiger partial charge in [-0.1, -0.05) is 12.1 Å². The fraction of sp³-hybridized carbons (Fsp3) is 0.231. The van der Waals surface area contributed by atoms with Gasteiger partial charge in [0.1, 0.15) is 5.75 Å². The van der Waals surface area contributed by atoms with E-state index < -0.39 is 0 Å². The van der Waals surface area contributed by atoms with Crippen LogP contribution < -0.4 is 10.5 Å². The molecule has 94 valence electrons. The predicted molar refractivity (Wildman–Crippen MR) is 68.4 cm³/mol. The number of nitrogen functional groups attached to an aromatic ring is 1. The molecule has 0 aliphatic rings. The van der Waals surface area contributed by atoms with Crippen molar-refractivity contribution in [1.29, 1.82) is 0 Å². The van der Waals surface area contributed by atoms with Crippen molar-refractivity contribution in [3.8, 4) is 11.6 Å². The number of aromatic nitrogens is 2. The van der Waals surface area contributed by atoms with Crippen LogP contribution in [0.15, 0.2) is 30.5 Å². The van der Waals surface area contributed by atoms with Crippen LogP contribution in [0.2, 0.25) is 0 Å². The van der Waals surface area contributed by atoms with Gasteiger partial charge in [0.2, 0.25) is 11.8 Å². The first-order valence-electron chi connectivity index (χ1n) is 5.54. The van der Waals surface area contributed by atoms with Gasteiger partial charge in [-0.05, 0) is 24.6 Å². The van der Waals surface area contributed by atoms with Gasteiger partial charge in [-0.3, -0.25) is 0 Å². The Bertz CT molecular complexity index is 544. The number of nitrogens with zero attached hydrogens (tertiary/aromatic N) is 2. The molecule has 0 unspecified atom stereocenters. The second-order valence-corrected chi connectivity index (χ2v) is 3.90. The topological polar surface area (TPSA) is 70.3 Å². The molecular weight excluding hydrogens is 230 g/mol. The molecule has 5 nitrogen and oxygen atoms in total. The molecule has 0 aliphatic carbocycles.